The Bertz CT molecular complexity index is 1390. The van der Waals surface area contributed by atoms with Gasteiger partial charge in [0.05, 0.1) is 0 Å². The lowest BCUT2D eigenvalue weighted by atomic mass is 9.93. The molecule has 5 rings (SSSR count). The third-order valence-corrected chi connectivity index (χ3v) is 6.39. The molecule has 0 atom stereocenters. The zero-order valence-corrected chi connectivity index (χ0v) is 19.5. The van der Waals surface area contributed by atoms with Gasteiger partial charge in [-0.1, -0.05) is 65.8 Å². The molecule has 0 amide bonds. The molecule has 0 spiro atoms. The highest BCUT2D eigenvalue weighted by molar-refractivity contribution is 7.10. The average molecular weight is 484 g/mol. The summed E-state index contributed by atoms with van der Waals surface area (Å²) in [6.45, 7) is 0.274. The summed E-state index contributed by atoms with van der Waals surface area (Å²) < 4.78 is 25.3. The van der Waals surface area contributed by atoms with E-state index in [0.717, 1.165) is 27.1 Å². The average Bonchev–Trinajstić information content (AvgIpc) is 3.39. The number of halogens is 1. The lowest BCUT2D eigenvalue weighted by Crippen LogP contribution is -2.25. The zero-order chi connectivity index (χ0) is 24.0. The van der Waals surface area contributed by atoms with Gasteiger partial charge in [-0.25, -0.2) is 4.39 Å². The van der Waals surface area contributed by atoms with Gasteiger partial charge in [0.25, 0.3) is 0 Å². The molecular formula is C29H22FNO3S. The van der Waals surface area contributed by atoms with Crippen LogP contribution in [0.4, 0.5) is 4.39 Å². The Morgan fingerprint density at radius 3 is 2.46 bits per heavy atom. The monoisotopic (exact) mass is 483 g/mol. The number of benzene rings is 3. The quantitative estimate of drug-likeness (QED) is 0.221. The van der Waals surface area contributed by atoms with Crippen molar-refractivity contribution in [2.24, 2.45) is 5.16 Å². The van der Waals surface area contributed by atoms with E-state index in [2.05, 4.69) is 5.16 Å². The smallest absolute Gasteiger partial charge is 0.188 e. The second-order valence-electron chi connectivity index (χ2n) is 7.99. The highest BCUT2D eigenvalue weighted by Crippen LogP contribution is 2.37. The van der Waals surface area contributed by atoms with Gasteiger partial charge in [-0.15, -0.1) is 11.3 Å². The number of oxime groups is 1. The van der Waals surface area contributed by atoms with Crippen molar-refractivity contribution in [3.63, 3.8) is 0 Å². The maximum absolute atomic E-state index is 13.4. The predicted octanol–water partition coefficient (Wildman–Crippen LogP) is 7.32. The number of ether oxygens (including phenoxy) is 2. The van der Waals surface area contributed by atoms with Crippen molar-refractivity contribution in [2.75, 3.05) is 0 Å². The van der Waals surface area contributed by atoms with Crippen molar-refractivity contribution in [3.05, 3.63) is 135 Å². The molecule has 1 fully saturated rings. The van der Waals surface area contributed by atoms with Crippen LogP contribution in [0.1, 0.15) is 21.6 Å². The number of thiophene rings is 1. The molecule has 0 saturated carbocycles. The minimum Gasteiger partial charge on any atom is -0.489 e. The Morgan fingerprint density at radius 2 is 1.74 bits per heavy atom. The van der Waals surface area contributed by atoms with E-state index in [9.17, 15) is 9.60 Å². The van der Waals surface area contributed by atoms with Gasteiger partial charge in [0.2, 0.25) is 0 Å². The molecule has 3 aromatic carbocycles. The highest BCUT2D eigenvalue weighted by atomic mass is 32.1. The van der Waals surface area contributed by atoms with Gasteiger partial charge >= 0.3 is 0 Å². The van der Waals surface area contributed by atoms with Crippen molar-refractivity contribution in [1.29, 1.82) is 0 Å². The molecule has 6 heteroatoms. The molecule has 0 aliphatic carbocycles. The molecule has 4 nitrogen and oxygen atoms in total. The predicted molar refractivity (Wildman–Crippen MR) is 137 cm³/mol. The third kappa shape index (κ3) is 5.34. The second kappa shape index (κ2) is 10.4. The Morgan fingerprint density at radius 1 is 0.943 bits per heavy atom. The van der Waals surface area contributed by atoms with Crippen molar-refractivity contribution < 1.29 is 19.1 Å². The van der Waals surface area contributed by atoms with Crippen molar-refractivity contribution >= 4 is 28.7 Å². The topological polar surface area (TPSA) is 51.1 Å². The number of hydrogen-bond acceptors (Lipinski definition) is 5. The molecule has 1 aliphatic heterocycles. The fourth-order valence-corrected chi connectivity index (χ4v) is 4.48. The van der Waals surface area contributed by atoms with Gasteiger partial charge in [-0.2, -0.15) is 0 Å². The first-order valence-electron chi connectivity index (χ1n) is 11.1. The standard InChI is InChI=1S/C29H22FNO3S/c30-23-9-4-8-21(16-23)19-33-24-13-11-22(12-14-24)26(17-20-6-2-1-3-7-20)29-28(31-32)27(34-29)18-25-10-5-15-35-25/h1-16,18,32H,17,19H2/b27-18-,29-26+,31-28+. The summed E-state index contributed by atoms with van der Waals surface area (Å²) in [7, 11) is 0. The van der Waals surface area contributed by atoms with Crippen LogP contribution in [-0.4, -0.2) is 10.9 Å². The lowest BCUT2D eigenvalue weighted by Gasteiger charge is -2.27. The van der Waals surface area contributed by atoms with Gasteiger partial charge in [-0.05, 0) is 52.4 Å². The molecule has 0 radical (unpaired) electrons. The van der Waals surface area contributed by atoms with E-state index in [1.807, 2.05) is 84.3 Å². The molecule has 174 valence electrons. The van der Waals surface area contributed by atoms with E-state index in [0.29, 0.717) is 29.4 Å². The Kier molecular flexibility index (Phi) is 6.73. The van der Waals surface area contributed by atoms with Crippen LogP contribution in [0.25, 0.3) is 11.6 Å². The fraction of sp³-hybridized carbons (Fsp3) is 0.0690. The third-order valence-electron chi connectivity index (χ3n) is 5.57. The van der Waals surface area contributed by atoms with Crippen LogP contribution in [0.3, 0.4) is 0 Å². The first-order valence-corrected chi connectivity index (χ1v) is 12.0. The van der Waals surface area contributed by atoms with Gasteiger partial charge in [0.1, 0.15) is 18.2 Å². The summed E-state index contributed by atoms with van der Waals surface area (Å²) in [5, 5.41) is 15.3. The summed E-state index contributed by atoms with van der Waals surface area (Å²) >= 11 is 1.58. The molecule has 0 unspecified atom stereocenters. The molecule has 1 aromatic heterocycles. The molecule has 2 heterocycles. The van der Waals surface area contributed by atoms with Crippen LogP contribution < -0.4 is 4.74 Å². The van der Waals surface area contributed by atoms with E-state index in [-0.39, 0.29) is 12.4 Å². The van der Waals surface area contributed by atoms with E-state index in [4.69, 9.17) is 9.47 Å². The van der Waals surface area contributed by atoms with Crippen LogP contribution in [0.2, 0.25) is 0 Å². The summed E-state index contributed by atoms with van der Waals surface area (Å²) in [5.74, 6) is 1.47. The zero-order valence-electron chi connectivity index (χ0n) is 18.7. The van der Waals surface area contributed by atoms with Crippen LogP contribution in [0.15, 0.2) is 113 Å². The Hall–Kier alpha value is -4.16. The normalized spacial score (nSPS) is 16.6. The van der Waals surface area contributed by atoms with E-state index in [1.165, 1.54) is 12.1 Å². The van der Waals surface area contributed by atoms with Crippen molar-refractivity contribution in [3.8, 4) is 5.75 Å². The molecule has 35 heavy (non-hydrogen) atoms. The number of allylic oxidation sites excluding steroid dienone is 1. The van der Waals surface area contributed by atoms with Gasteiger partial charge in [0.15, 0.2) is 17.2 Å². The Balaban J connectivity index is 1.41. The van der Waals surface area contributed by atoms with Gasteiger partial charge in [0, 0.05) is 22.9 Å². The maximum atomic E-state index is 13.4. The Labute approximate surface area is 206 Å². The number of hydrogen-bond donors (Lipinski definition) is 1. The van der Waals surface area contributed by atoms with Crippen LogP contribution in [0.5, 0.6) is 5.75 Å². The molecule has 1 aliphatic rings. The minimum atomic E-state index is -0.284. The SMILES string of the molecule is O/N=C1C(=C\c2cccs2)\OC\1=C(/Cc1ccccc1)c1ccc(OCc2cccc(F)c2)cc1. The van der Waals surface area contributed by atoms with Crippen LogP contribution in [-0.2, 0) is 17.8 Å². The van der Waals surface area contributed by atoms with E-state index >= 15 is 0 Å². The largest absolute Gasteiger partial charge is 0.489 e. The summed E-state index contributed by atoms with van der Waals surface area (Å²) in [5.41, 5.74) is 4.13. The first kappa shape index (κ1) is 22.6. The molecule has 1 N–H and O–H groups in total. The van der Waals surface area contributed by atoms with E-state index in [1.54, 1.807) is 17.4 Å². The van der Waals surface area contributed by atoms with Crippen molar-refractivity contribution in [2.45, 2.75) is 13.0 Å². The van der Waals surface area contributed by atoms with Gasteiger partial charge in [-0.3, -0.25) is 0 Å². The van der Waals surface area contributed by atoms with E-state index < -0.39 is 0 Å². The molecule has 4 aromatic rings. The minimum absolute atomic E-state index is 0.274. The summed E-state index contributed by atoms with van der Waals surface area (Å²) in [6.07, 6.45) is 2.47. The van der Waals surface area contributed by atoms with Crippen molar-refractivity contribution in [1.82, 2.24) is 0 Å². The van der Waals surface area contributed by atoms with Crippen LogP contribution >= 0.6 is 11.3 Å². The van der Waals surface area contributed by atoms with Gasteiger partial charge < -0.3 is 14.7 Å². The maximum Gasteiger partial charge on any atom is 0.188 e. The molecule has 0 bridgehead atoms. The van der Waals surface area contributed by atoms with Crippen LogP contribution in [0, 0.1) is 5.82 Å². The number of nitrogens with zero attached hydrogens (tertiary/aromatic N) is 1. The summed E-state index contributed by atoms with van der Waals surface area (Å²) in [4.78, 5) is 1.02. The molecule has 1 saturated heterocycles. The first-order chi connectivity index (χ1) is 17.2. The second-order valence-corrected chi connectivity index (χ2v) is 8.97. The molecular weight excluding hydrogens is 461 g/mol. The fourth-order valence-electron chi connectivity index (χ4n) is 3.83. The summed E-state index contributed by atoms with van der Waals surface area (Å²) in [6, 6.07) is 28.0. The lowest BCUT2D eigenvalue weighted by molar-refractivity contribution is 0.276. The number of rotatable bonds is 7. The highest BCUT2D eigenvalue weighted by Gasteiger charge is 2.33.